The van der Waals surface area contributed by atoms with Crippen molar-refractivity contribution in [2.45, 2.75) is 58.0 Å². The lowest BCUT2D eigenvalue weighted by molar-refractivity contribution is 0.177. The summed E-state index contributed by atoms with van der Waals surface area (Å²) in [6.07, 6.45) is 6.33. The van der Waals surface area contributed by atoms with Crippen molar-refractivity contribution in [2.75, 3.05) is 13.6 Å². The number of hydrogen-bond acceptors (Lipinski definition) is 2. The molecule has 0 aliphatic rings. The topological polar surface area (TPSA) is 29.3 Å². The summed E-state index contributed by atoms with van der Waals surface area (Å²) in [5.41, 5.74) is 7.15. The molecule has 0 aliphatic heterocycles. The Morgan fingerprint density at radius 3 is 2.50 bits per heavy atom. The first-order valence-corrected chi connectivity index (χ1v) is 8.16. The number of rotatable bonds is 9. The summed E-state index contributed by atoms with van der Waals surface area (Å²) < 4.78 is 0. The minimum Gasteiger partial charge on any atom is -0.329 e. The first kappa shape index (κ1) is 17.5. The average Bonchev–Trinajstić information content (AvgIpc) is 2.46. The van der Waals surface area contributed by atoms with Crippen molar-refractivity contribution in [1.82, 2.24) is 4.90 Å². The molecule has 0 bridgehead atoms. The molecule has 0 fully saturated rings. The van der Waals surface area contributed by atoms with Gasteiger partial charge in [0.2, 0.25) is 0 Å². The molecule has 0 heterocycles. The number of likely N-dealkylation sites (N-methyl/N-ethyl adjacent to an activating group) is 1. The van der Waals surface area contributed by atoms with E-state index in [4.69, 9.17) is 17.3 Å². The third kappa shape index (κ3) is 5.08. The molecule has 0 saturated heterocycles. The van der Waals surface area contributed by atoms with E-state index in [0.29, 0.717) is 18.6 Å². The molecular formula is C17H29ClN2. The maximum atomic E-state index is 6.30. The van der Waals surface area contributed by atoms with Crippen molar-refractivity contribution in [2.24, 2.45) is 5.73 Å². The summed E-state index contributed by atoms with van der Waals surface area (Å²) in [6.45, 7) is 5.15. The molecule has 114 valence electrons. The summed E-state index contributed by atoms with van der Waals surface area (Å²) in [4.78, 5) is 2.37. The van der Waals surface area contributed by atoms with E-state index in [1.54, 1.807) is 0 Å². The normalized spacial score (nSPS) is 14.5. The van der Waals surface area contributed by atoms with Gasteiger partial charge in [-0.3, -0.25) is 4.90 Å². The highest BCUT2D eigenvalue weighted by atomic mass is 35.5. The van der Waals surface area contributed by atoms with Crippen LogP contribution in [0.3, 0.4) is 0 Å². The third-order valence-corrected chi connectivity index (χ3v) is 4.55. The van der Waals surface area contributed by atoms with Crippen molar-refractivity contribution in [3.05, 3.63) is 34.9 Å². The summed E-state index contributed by atoms with van der Waals surface area (Å²) in [5.74, 6) is 0. The van der Waals surface area contributed by atoms with Crippen LogP contribution < -0.4 is 5.73 Å². The number of unbranched alkanes of at least 4 members (excludes halogenated alkanes) is 3. The summed E-state index contributed by atoms with van der Waals surface area (Å²) in [6, 6.07) is 8.81. The molecule has 0 spiro atoms. The first-order chi connectivity index (χ1) is 9.61. The Labute approximate surface area is 129 Å². The van der Waals surface area contributed by atoms with Crippen molar-refractivity contribution in [3.63, 3.8) is 0 Å². The quantitative estimate of drug-likeness (QED) is 0.673. The average molecular weight is 297 g/mol. The number of nitrogens with zero attached hydrogens (tertiary/aromatic N) is 1. The Morgan fingerprint density at radius 2 is 1.90 bits per heavy atom. The first-order valence-electron chi connectivity index (χ1n) is 7.78. The molecule has 1 rings (SSSR count). The highest BCUT2D eigenvalue weighted by molar-refractivity contribution is 6.31. The Balaban J connectivity index is 2.61. The second kappa shape index (κ2) is 9.38. The van der Waals surface area contributed by atoms with E-state index < -0.39 is 0 Å². The molecule has 2 unspecified atom stereocenters. The van der Waals surface area contributed by atoms with Crippen molar-refractivity contribution in [1.29, 1.82) is 0 Å². The van der Waals surface area contributed by atoms with Crippen molar-refractivity contribution >= 4 is 11.6 Å². The van der Waals surface area contributed by atoms with Crippen LogP contribution in [0.4, 0.5) is 0 Å². The Bertz CT molecular complexity index is 381. The molecule has 1 aromatic carbocycles. The van der Waals surface area contributed by atoms with Gasteiger partial charge in [-0.1, -0.05) is 62.4 Å². The van der Waals surface area contributed by atoms with Crippen LogP contribution in [0.1, 0.15) is 57.6 Å². The predicted molar refractivity (Wildman–Crippen MR) is 89.2 cm³/mol. The number of hydrogen-bond donors (Lipinski definition) is 1. The smallest absolute Gasteiger partial charge is 0.0453 e. The molecule has 0 aromatic heterocycles. The molecule has 3 heteroatoms. The number of halogens is 1. The molecule has 2 N–H and O–H groups in total. The zero-order valence-electron chi connectivity index (χ0n) is 13.1. The number of nitrogens with two attached hydrogens (primary N) is 1. The van der Waals surface area contributed by atoms with Gasteiger partial charge in [0.25, 0.3) is 0 Å². The number of benzene rings is 1. The van der Waals surface area contributed by atoms with E-state index >= 15 is 0 Å². The molecular weight excluding hydrogens is 268 g/mol. The van der Waals surface area contributed by atoms with Gasteiger partial charge in [0.05, 0.1) is 0 Å². The summed E-state index contributed by atoms with van der Waals surface area (Å²) in [7, 11) is 2.16. The van der Waals surface area contributed by atoms with Crippen molar-refractivity contribution in [3.8, 4) is 0 Å². The van der Waals surface area contributed by atoms with E-state index in [0.717, 1.165) is 5.02 Å². The molecule has 2 nitrogen and oxygen atoms in total. The van der Waals surface area contributed by atoms with Gasteiger partial charge in [-0.15, -0.1) is 0 Å². The van der Waals surface area contributed by atoms with Crippen LogP contribution in [0.25, 0.3) is 0 Å². The van der Waals surface area contributed by atoms with Gasteiger partial charge < -0.3 is 5.73 Å². The van der Waals surface area contributed by atoms with E-state index in [2.05, 4.69) is 31.9 Å². The Kier molecular flexibility index (Phi) is 8.20. The van der Waals surface area contributed by atoms with Crippen LogP contribution in [0, 0.1) is 0 Å². The van der Waals surface area contributed by atoms with Crippen molar-refractivity contribution < 1.29 is 0 Å². The van der Waals surface area contributed by atoms with Gasteiger partial charge in [0.1, 0.15) is 0 Å². The molecule has 0 saturated carbocycles. The van der Waals surface area contributed by atoms with Gasteiger partial charge in [0, 0.05) is 23.7 Å². The molecule has 1 aromatic rings. The fraction of sp³-hybridized carbons (Fsp3) is 0.647. The van der Waals surface area contributed by atoms with Gasteiger partial charge in [-0.2, -0.15) is 0 Å². The molecule has 20 heavy (non-hydrogen) atoms. The lowest BCUT2D eigenvalue weighted by Gasteiger charge is -2.33. The zero-order chi connectivity index (χ0) is 15.0. The van der Waals surface area contributed by atoms with E-state index in [-0.39, 0.29) is 0 Å². The molecule has 2 atom stereocenters. The second-order valence-corrected chi connectivity index (χ2v) is 6.01. The summed E-state index contributed by atoms with van der Waals surface area (Å²) in [5, 5.41) is 0.841. The minimum atomic E-state index is 0.295. The zero-order valence-corrected chi connectivity index (χ0v) is 13.9. The van der Waals surface area contributed by atoms with Crippen LogP contribution in [0.5, 0.6) is 0 Å². The third-order valence-electron chi connectivity index (χ3n) is 4.21. The van der Waals surface area contributed by atoms with Gasteiger partial charge in [-0.05, 0) is 32.0 Å². The predicted octanol–water partition coefficient (Wildman–Crippen LogP) is 4.63. The fourth-order valence-electron chi connectivity index (χ4n) is 2.64. The largest absolute Gasteiger partial charge is 0.329 e. The lowest BCUT2D eigenvalue weighted by Crippen LogP contribution is -2.39. The van der Waals surface area contributed by atoms with Gasteiger partial charge >= 0.3 is 0 Å². The maximum Gasteiger partial charge on any atom is 0.0453 e. The lowest BCUT2D eigenvalue weighted by atomic mass is 10.0. The standard InChI is InChI=1S/C17H29ClN2/c1-4-5-6-7-10-15(13-19)20(3)14(2)16-11-8-9-12-17(16)18/h8-9,11-12,14-15H,4-7,10,13,19H2,1-3H3. The van der Waals surface area contributed by atoms with E-state index in [9.17, 15) is 0 Å². The maximum absolute atomic E-state index is 6.30. The summed E-state index contributed by atoms with van der Waals surface area (Å²) >= 11 is 6.30. The van der Waals surface area contributed by atoms with E-state index in [1.807, 2.05) is 18.2 Å². The highest BCUT2D eigenvalue weighted by Crippen LogP contribution is 2.28. The minimum absolute atomic E-state index is 0.295. The van der Waals surface area contributed by atoms with Crippen LogP contribution in [-0.2, 0) is 0 Å². The molecule has 0 amide bonds. The monoisotopic (exact) mass is 296 g/mol. The van der Waals surface area contributed by atoms with Gasteiger partial charge in [-0.25, -0.2) is 0 Å². The molecule has 0 radical (unpaired) electrons. The second-order valence-electron chi connectivity index (χ2n) is 5.60. The van der Waals surface area contributed by atoms with E-state index in [1.165, 1.54) is 37.7 Å². The van der Waals surface area contributed by atoms with Crippen LogP contribution >= 0.6 is 11.6 Å². The van der Waals surface area contributed by atoms with Crippen LogP contribution in [-0.4, -0.2) is 24.5 Å². The van der Waals surface area contributed by atoms with Crippen LogP contribution in [0.2, 0.25) is 5.02 Å². The molecule has 0 aliphatic carbocycles. The Hall–Kier alpha value is -0.570. The van der Waals surface area contributed by atoms with Gasteiger partial charge in [0.15, 0.2) is 0 Å². The Morgan fingerprint density at radius 1 is 1.20 bits per heavy atom. The highest BCUT2D eigenvalue weighted by Gasteiger charge is 2.20. The van der Waals surface area contributed by atoms with Crippen LogP contribution in [0.15, 0.2) is 24.3 Å². The SMILES string of the molecule is CCCCCCC(CN)N(C)C(C)c1ccccc1Cl. The fourth-order valence-corrected chi connectivity index (χ4v) is 2.94.